The highest BCUT2D eigenvalue weighted by Crippen LogP contribution is 2.21. The van der Waals surface area contributed by atoms with E-state index >= 15 is 0 Å². The molecule has 2 rings (SSSR count). The van der Waals surface area contributed by atoms with Crippen molar-refractivity contribution in [2.45, 2.75) is 20.4 Å². The van der Waals surface area contributed by atoms with Gasteiger partial charge in [-0.15, -0.1) is 10.2 Å². The number of rotatable bonds is 6. The molecule has 0 aliphatic carbocycles. The normalized spacial score (nSPS) is 12.1. The van der Waals surface area contributed by atoms with Crippen LogP contribution in [0.15, 0.2) is 33.2 Å². The van der Waals surface area contributed by atoms with Crippen LogP contribution in [0.25, 0.3) is 11.5 Å². The van der Waals surface area contributed by atoms with Crippen molar-refractivity contribution in [1.82, 2.24) is 15.1 Å². The summed E-state index contributed by atoms with van der Waals surface area (Å²) in [6.45, 7) is 6.42. The molecule has 2 N–H and O–H groups in total. The van der Waals surface area contributed by atoms with E-state index in [1.165, 1.54) is 0 Å². The quantitative estimate of drug-likeness (QED) is 0.865. The van der Waals surface area contributed by atoms with Crippen LogP contribution >= 0.6 is 15.9 Å². The monoisotopic (exact) mass is 352 g/mol. The van der Waals surface area contributed by atoms with E-state index in [2.05, 4.69) is 44.9 Å². The third kappa shape index (κ3) is 4.62. The van der Waals surface area contributed by atoms with Gasteiger partial charge in [0.05, 0.1) is 6.54 Å². The standard InChI is InChI=1S/C15H21BrN4O/c1-15(2,9-17)10-20(3)8-13-18-19-14(21-13)11-4-6-12(16)7-5-11/h4-7H,8-10,17H2,1-3H3. The second kappa shape index (κ2) is 6.68. The molecule has 0 aliphatic heterocycles. The van der Waals surface area contributed by atoms with Gasteiger partial charge < -0.3 is 10.2 Å². The number of hydrogen-bond acceptors (Lipinski definition) is 5. The predicted octanol–water partition coefficient (Wildman–Crippen LogP) is 2.92. The molecule has 0 spiro atoms. The molecule has 0 aliphatic rings. The molecule has 0 amide bonds. The van der Waals surface area contributed by atoms with Crippen LogP contribution in [0.3, 0.4) is 0 Å². The Bertz CT molecular complexity index is 580. The van der Waals surface area contributed by atoms with Crippen LogP contribution in [0, 0.1) is 5.41 Å². The van der Waals surface area contributed by atoms with E-state index in [9.17, 15) is 0 Å². The molecular weight excluding hydrogens is 332 g/mol. The van der Waals surface area contributed by atoms with Gasteiger partial charge in [0, 0.05) is 16.6 Å². The van der Waals surface area contributed by atoms with Crippen molar-refractivity contribution >= 4 is 15.9 Å². The van der Waals surface area contributed by atoms with Gasteiger partial charge in [0.15, 0.2) is 0 Å². The van der Waals surface area contributed by atoms with Crippen molar-refractivity contribution in [2.75, 3.05) is 20.1 Å². The fraction of sp³-hybridized carbons (Fsp3) is 0.467. The van der Waals surface area contributed by atoms with Gasteiger partial charge in [0.1, 0.15) is 0 Å². The van der Waals surface area contributed by atoms with Crippen LogP contribution in [-0.2, 0) is 6.54 Å². The number of nitrogens with two attached hydrogens (primary N) is 1. The fourth-order valence-electron chi connectivity index (χ4n) is 2.11. The Labute approximate surface area is 133 Å². The van der Waals surface area contributed by atoms with Crippen LogP contribution in [0.2, 0.25) is 0 Å². The molecule has 0 radical (unpaired) electrons. The van der Waals surface area contributed by atoms with Gasteiger partial charge >= 0.3 is 0 Å². The molecule has 0 fully saturated rings. The summed E-state index contributed by atoms with van der Waals surface area (Å²) in [7, 11) is 2.03. The molecule has 5 nitrogen and oxygen atoms in total. The summed E-state index contributed by atoms with van der Waals surface area (Å²) < 4.78 is 6.74. The van der Waals surface area contributed by atoms with Gasteiger partial charge in [0.2, 0.25) is 11.8 Å². The van der Waals surface area contributed by atoms with E-state index in [1.54, 1.807) is 0 Å². The zero-order valence-electron chi connectivity index (χ0n) is 12.6. The SMILES string of the molecule is CN(Cc1nnc(-c2ccc(Br)cc2)o1)CC(C)(C)CN. The Balaban J connectivity index is 2.01. The minimum absolute atomic E-state index is 0.0727. The summed E-state index contributed by atoms with van der Waals surface area (Å²) in [5.74, 6) is 1.16. The van der Waals surface area contributed by atoms with Crippen molar-refractivity contribution in [1.29, 1.82) is 0 Å². The summed E-state index contributed by atoms with van der Waals surface area (Å²) in [5.41, 5.74) is 6.75. The molecule has 0 atom stereocenters. The smallest absolute Gasteiger partial charge is 0.247 e. The van der Waals surface area contributed by atoms with E-state index in [-0.39, 0.29) is 5.41 Å². The predicted molar refractivity (Wildman–Crippen MR) is 86.6 cm³/mol. The maximum absolute atomic E-state index is 5.76. The Hall–Kier alpha value is -1.24. The molecule has 0 saturated carbocycles. The van der Waals surface area contributed by atoms with E-state index in [4.69, 9.17) is 10.2 Å². The van der Waals surface area contributed by atoms with Crippen LogP contribution in [0.5, 0.6) is 0 Å². The fourth-order valence-corrected chi connectivity index (χ4v) is 2.37. The lowest BCUT2D eigenvalue weighted by atomic mass is 9.93. The molecule has 0 unspecified atom stereocenters. The van der Waals surface area contributed by atoms with E-state index in [0.717, 1.165) is 16.6 Å². The number of benzene rings is 1. The first-order chi connectivity index (χ1) is 9.89. The number of aromatic nitrogens is 2. The lowest BCUT2D eigenvalue weighted by Gasteiger charge is -2.27. The second-order valence-corrected chi connectivity index (χ2v) is 6.96. The molecule has 6 heteroatoms. The van der Waals surface area contributed by atoms with Crippen LogP contribution in [-0.4, -0.2) is 35.2 Å². The lowest BCUT2D eigenvalue weighted by Crippen LogP contribution is -2.36. The summed E-state index contributed by atoms with van der Waals surface area (Å²) in [6, 6.07) is 7.80. The van der Waals surface area contributed by atoms with E-state index < -0.39 is 0 Å². The highest BCUT2D eigenvalue weighted by Gasteiger charge is 2.19. The number of nitrogens with zero attached hydrogens (tertiary/aromatic N) is 3. The van der Waals surface area contributed by atoms with Crippen molar-refractivity contribution < 1.29 is 4.42 Å². The molecule has 1 aromatic heterocycles. The van der Waals surface area contributed by atoms with Gasteiger partial charge in [-0.2, -0.15) is 0 Å². The molecule has 114 valence electrons. The Morgan fingerprint density at radius 2 is 1.90 bits per heavy atom. The highest BCUT2D eigenvalue weighted by molar-refractivity contribution is 9.10. The third-order valence-corrected chi connectivity index (χ3v) is 3.74. The lowest BCUT2D eigenvalue weighted by molar-refractivity contribution is 0.196. The van der Waals surface area contributed by atoms with Gasteiger partial charge in [0.25, 0.3) is 0 Å². The largest absolute Gasteiger partial charge is 0.419 e. The topological polar surface area (TPSA) is 68.2 Å². The summed E-state index contributed by atoms with van der Waals surface area (Å²) in [5, 5.41) is 8.21. The van der Waals surface area contributed by atoms with Crippen molar-refractivity contribution in [3.8, 4) is 11.5 Å². The minimum atomic E-state index is 0.0727. The van der Waals surface area contributed by atoms with Crippen molar-refractivity contribution in [2.24, 2.45) is 11.1 Å². The summed E-state index contributed by atoms with van der Waals surface area (Å²) >= 11 is 3.41. The Morgan fingerprint density at radius 1 is 1.24 bits per heavy atom. The molecule has 1 heterocycles. The first-order valence-corrected chi connectivity index (χ1v) is 7.66. The minimum Gasteiger partial charge on any atom is -0.419 e. The zero-order chi connectivity index (χ0) is 15.5. The first kappa shape index (κ1) is 16.1. The zero-order valence-corrected chi connectivity index (χ0v) is 14.2. The molecular formula is C15H21BrN4O. The highest BCUT2D eigenvalue weighted by atomic mass is 79.9. The van der Waals surface area contributed by atoms with Gasteiger partial charge in [-0.3, -0.25) is 4.90 Å². The summed E-state index contributed by atoms with van der Waals surface area (Å²) in [4.78, 5) is 2.14. The third-order valence-electron chi connectivity index (χ3n) is 3.21. The number of hydrogen-bond donors (Lipinski definition) is 1. The van der Waals surface area contributed by atoms with Crippen LogP contribution in [0.4, 0.5) is 0 Å². The van der Waals surface area contributed by atoms with Crippen molar-refractivity contribution in [3.63, 3.8) is 0 Å². The average molecular weight is 353 g/mol. The van der Waals surface area contributed by atoms with Crippen molar-refractivity contribution in [3.05, 3.63) is 34.6 Å². The van der Waals surface area contributed by atoms with E-state index in [1.807, 2.05) is 31.3 Å². The first-order valence-electron chi connectivity index (χ1n) is 6.86. The average Bonchev–Trinajstić information content (AvgIpc) is 2.87. The number of halogens is 1. The Kier molecular flexibility index (Phi) is 5.13. The molecule has 21 heavy (non-hydrogen) atoms. The van der Waals surface area contributed by atoms with Gasteiger partial charge in [-0.25, -0.2) is 0 Å². The maximum Gasteiger partial charge on any atom is 0.247 e. The second-order valence-electron chi connectivity index (χ2n) is 6.05. The maximum atomic E-state index is 5.76. The summed E-state index contributed by atoms with van der Waals surface area (Å²) in [6.07, 6.45) is 0. The van der Waals surface area contributed by atoms with Crippen LogP contribution < -0.4 is 5.73 Å². The van der Waals surface area contributed by atoms with E-state index in [0.29, 0.717) is 24.9 Å². The van der Waals surface area contributed by atoms with Gasteiger partial charge in [-0.05, 0) is 43.3 Å². The molecule has 1 aromatic carbocycles. The molecule has 0 bridgehead atoms. The Morgan fingerprint density at radius 3 is 2.52 bits per heavy atom. The van der Waals surface area contributed by atoms with Crippen LogP contribution in [0.1, 0.15) is 19.7 Å². The van der Waals surface area contributed by atoms with Gasteiger partial charge in [-0.1, -0.05) is 29.8 Å². The molecule has 0 saturated heterocycles. The molecule has 2 aromatic rings.